The van der Waals surface area contributed by atoms with E-state index in [1.165, 1.54) is 5.56 Å². The first kappa shape index (κ1) is 25.5. The molecular weight excluding hydrogens is 458 g/mol. The molecule has 34 heavy (non-hydrogen) atoms. The smallest absolute Gasteiger partial charge is 0.280 e. The number of halogens is 1. The molecule has 0 saturated carbocycles. The molecule has 3 rings (SSSR count). The van der Waals surface area contributed by atoms with Crippen LogP contribution in [0.4, 0.5) is 11.6 Å². The van der Waals surface area contributed by atoms with Gasteiger partial charge in [0.15, 0.2) is 28.4 Å². The van der Waals surface area contributed by atoms with E-state index < -0.39 is 5.91 Å². The van der Waals surface area contributed by atoms with E-state index in [0.717, 1.165) is 37.9 Å². The summed E-state index contributed by atoms with van der Waals surface area (Å²) in [6.07, 6.45) is 4.86. The van der Waals surface area contributed by atoms with Gasteiger partial charge in [-0.25, -0.2) is 9.97 Å². The minimum absolute atomic E-state index is 0.0321. The first-order valence-electron chi connectivity index (χ1n) is 11.2. The summed E-state index contributed by atoms with van der Waals surface area (Å²) in [6.45, 7) is 5.26. The molecule has 1 atom stereocenters. The normalized spacial score (nSPS) is 17.5. The van der Waals surface area contributed by atoms with E-state index in [4.69, 9.17) is 38.3 Å². The monoisotopic (exact) mass is 489 g/mol. The van der Waals surface area contributed by atoms with Crippen LogP contribution in [0.2, 0.25) is 5.15 Å². The van der Waals surface area contributed by atoms with Gasteiger partial charge in [0.1, 0.15) is 12.4 Å². The Bertz CT molecular complexity index is 1030. The largest absolute Gasteiger partial charge is 0.491 e. The number of carbonyl (C=O) groups is 1. The van der Waals surface area contributed by atoms with Crippen molar-refractivity contribution in [3.8, 4) is 5.75 Å². The highest BCUT2D eigenvalue weighted by Gasteiger charge is 2.31. The first-order chi connectivity index (χ1) is 16.1. The molecule has 1 aromatic heterocycles. The second-order valence-corrected chi connectivity index (χ2v) is 9.16. The molecule has 1 aliphatic rings. The van der Waals surface area contributed by atoms with E-state index in [1.807, 2.05) is 12.1 Å². The van der Waals surface area contributed by atoms with Gasteiger partial charge in [-0.05, 0) is 63.6 Å². The number of ether oxygens (including phenoxy) is 2. The molecule has 7 N–H and O–H groups in total. The van der Waals surface area contributed by atoms with Crippen molar-refractivity contribution < 1.29 is 14.3 Å². The topological polar surface area (TPSA) is 164 Å². The van der Waals surface area contributed by atoms with Crippen LogP contribution in [0, 0.1) is 0 Å². The molecule has 1 aromatic carbocycles. The van der Waals surface area contributed by atoms with Crippen LogP contribution in [-0.4, -0.2) is 46.7 Å². The van der Waals surface area contributed by atoms with Gasteiger partial charge in [-0.15, -0.1) is 0 Å². The number of hydrogen-bond donors (Lipinski definition) is 4. The minimum Gasteiger partial charge on any atom is -0.491 e. The maximum Gasteiger partial charge on any atom is 0.280 e. The molecule has 184 valence electrons. The number of aromatic nitrogens is 2. The van der Waals surface area contributed by atoms with Gasteiger partial charge in [-0.1, -0.05) is 23.7 Å². The molecule has 10 nitrogen and oxygen atoms in total. The van der Waals surface area contributed by atoms with E-state index >= 15 is 0 Å². The summed E-state index contributed by atoms with van der Waals surface area (Å²) in [6, 6.07) is 8.10. The third-order valence-corrected chi connectivity index (χ3v) is 5.71. The van der Waals surface area contributed by atoms with Crippen LogP contribution < -0.4 is 27.3 Å². The number of amides is 1. The third kappa shape index (κ3) is 7.46. The summed E-state index contributed by atoms with van der Waals surface area (Å²) >= 11 is 5.79. The predicted octanol–water partition coefficient (Wildman–Crippen LogP) is 2.70. The molecular formula is C23H32ClN7O3. The highest BCUT2D eigenvalue weighted by Crippen LogP contribution is 2.29. The molecule has 1 amide bonds. The van der Waals surface area contributed by atoms with E-state index in [9.17, 15) is 4.79 Å². The van der Waals surface area contributed by atoms with Crippen molar-refractivity contribution in [2.75, 3.05) is 24.6 Å². The molecule has 0 aliphatic carbocycles. The van der Waals surface area contributed by atoms with Crippen molar-refractivity contribution in [2.45, 2.75) is 57.7 Å². The molecule has 0 radical (unpaired) electrons. The van der Waals surface area contributed by atoms with Gasteiger partial charge in [0.05, 0.1) is 11.7 Å². The molecule has 2 heterocycles. The van der Waals surface area contributed by atoms with E-state index in [2.05, 4.69) is 46.3 Å². The number of aliphatic imine (C=N–C) groups is 1. The van der Waals surface area contributed by atoms with Gasteiger partial charge in [-0.2, -0.15) is 0 Å². The summed E-state index contributed by atoms with van der Waals surface area (Å²) < 4.78 is 11.8. The molecule has 1 unspecified atom stereocenters. The number of hydrogen-bond acceptors (Lipinski definition) is 8. The van der Waals surface area contributed by atoms with E-state index in [1.54, 1.807) is 0 Å². The van der Waals surface area contributed by atoms with Gasteiger partial charge >= 0.3 is 0 Å². The van der Waals surface area contributed by atoms with Gasteiger partial charge < -0.3 is 26.7 Å². The zero-order valence-corrected chi connectivity index (χ0v) is 20.3. The molecule has 1 aliphatic heterocycles. The number of aryl methyl sites for hydroxylation is 1. The molecule has 1 saturated heterocycles. The molecule has 0 spiro atoms. The second kappa shape index (κ2) is 11.3. The molecule has 1 fully saturated rings. The zero-order valence-electron chi connectivity index (χ0n) is 19.5. The Labute approximate surface area is 204 Å². The average Bonchev–Trinajstić information content (AvgIpc) is 3.14. The van der Waals surface area contributed by atoms with Crippen LogP contribution in [0.5, 0.6) is 5.75 Å². The van der Waals surface area contributed by atoms with Crippen LogP contribution in [0.3, 0.4) is 0 Å². The van der Waals surface area contributed by atoms with Crippen molar-refractivity contribution in [3.05, 3.63) is 40.7 Å². The number of nitrogens with one attached hydrogen (secondary N) is 1. The number of rotatable bonds is 9. The van der Waals surface area contributed by atoms with Gasteiger partial charge in [0.2, 0.25) is 0 Å². The Hall–Kier alpha value is -3.11. The maximum atomic E-state index is 12.2. The minimum atomic E-state index is -0.654. The number of anilines is 2. The van der Waals surface area contributed by atoms with Crippen molar-refractivity contribution in [1.82, 2.24) is 15.3 Å². The maximum absolute atomic E-state index is 12.2. The highest BCUT2D eigenvalue weighted by atomic mass is 35.5. The van der Waals surface area contributed by atoms with Gasteiger partial charge in [0.25, 0.3) is 5.91 Å². The Morgan fingerprint density at radius 1 is 1.24 bits per heavy atom. The second-order valence-electron chi connectivity index (χ2n) is 8.80. The van der Waals surface area contributed by atoms with Crippen LogP contribution in [-0.2, 0) is 11.2 Å². The number of nitrogen functional groups attached to an aromatic ring is 2. The lowest BCUT2D eigenvalue weighted by Gasteiger charge is -2.19. The quantitative estimate of drug-likeness (QED) is 0.237. The number of carbonyl (C=O) groups excluding carboxylic acids is 1. The summed E-state index contributed by atoms with van der Waals surface area (Å²) in [5.74, 6) is -0.0337. The van der Waals surface area contributed by atoms with Crippen LogP contribution >= 0.6 is 11.6 Å². The Morgan fingerprint density at radius 3 is 2.65 bits per heavy atom. The Balaban J connectivity index is 1.35. The van der Waals surface area contributed by atoms with Crippen LogP contribution in [0.25, 0.3) is 0 Å². The lowest BCUT2D eigenvalue weighted by Crippen LogP contribution is -2.38. The van der Waals surface area contributed by atoms with E-state index in [-0.39, 0.29) is 40.1 Å². The zero-order chi connectivity index (χ0) is 24.7. The van der Waals surface area contributed by atoms with Crippen molar-refractivity contribution >= 4 is 35.1 Å². The standard InChI is InChI=1S/C23H32ClN7O3/c1-23(2)11-10-16(34-23)13-33-15-8-6-14(7-9-15)5-3-4-12-28-22(27)31-21(32)17-19(25)30-20(26)18(24)29-17/h6-9,16H,3-5,10-13H2,1-2H3,(H4,25,26,30)(H3,27,28,31,32). The Kier molecular flexibility index (Phi) is 8.51. The lowest BCUT2D eigenvalue weighted by atomic mass is 10.1. The number of nitrogens with zero attached hydrogens (tertiary/aromatic N) is 3. The number of guanidine groups is 1. The van der Waals surface area contributed by atoms with Gasteiger partial charge in [-0.3, -0.25) is 15.1 Å². The number of nitrogens with two attached hydrogens (primary N) is 3. The average molecular weight is 490 g/mol. The van der Waals surface area contributed by atoms with Crippen molar-refractivity contribution in [2.24, 2.45) is 10.7 Å². The molecule has 11 heteroatoms. The highest BCUT2D eigenvalue weighted by molar-refractivity contribution is 6.31. The summed E-state index contributed by atoms with van der Waals surface area (Å²) in [4.78, 5) is 24.0. The first-order valence-corrected chi connectivity index (χ1v) is 11.6. The van der Waals surface area contributed by atoms with E-state index in [0.29, 0.717) is 13.2 Å². The Morgan fingerprint density at radius 2 is 1.97 bits per heavy atom. The summed E-state index contributed by atoms with van der Waals surface area (Å²) in [7, 11) is 0. The van der Waals surface area contributed by atoms with Crippen LogP contribution in [0.1, 0.15) is 55.6 Å². The number of benzene rings is 1. The fourth-order valence-electron chi connectivity index (χ4n) is 3.60. The summed E-state index contributed by atoms with van der Waals surface area (Å²) in [5.41, 5.74) is 17.9. The fourth-order valence-corrected chi connectivity index (χ4v) is 3.73. The summed E-state index contributed by atoms with van der Waals surface area (Å²) in [5, 5.41) is 2.31. The molecule has 0 bridgehead atoms. The fraction of sp³-hybridized carbons (Fsp3) is 0.478. The van der Waals surface area contributed by atoms with Gasteiger partial charge in [0, 0.05) is 6.54 Å². The predicted molar refractivity (Wildman–Crippen MR) is 133 cm³/mol. The SMILES string of the molecule is CC1(C)CCC(COc2ccc(CCCCN=C(N)NC(=O)c3nc(Cl)c(N)nc3N)cc2)O1. The molecule has 2 aromatic rings. The van der Waals surface area contributed by atoms with Crippen LogP contribution in [0.15, 0.2) is 29.3 Å². The van der Waals surface area contributed by atoms with Crippen molar-refractivity contribution in [3.63, 3.8) is 0 Å². The number of unbranched alkanes of at least 4 members (excludes halogenated alkanes) is 1. The van der Waals surface area contributed by atoms with Crippen molar-refractivity contribution in [1.29, 1.82) is 0 Å². The lowest BCUT2D eigenvalue weighted by molar-refractivity contribution is -0.0326. The third-order valence-electron chi connectivity index (χ3n) is 5.43.